The zero-order valence-corrected chi connectivity index (χ0v) is 11.3. The molecule has 0 aliphatic carbocycles. The van der Waals surface area contributed by atoms with Gasteiger partial charge in [0.1, 0.15) is 0 Å². The molecule has 2 rings (SSSR count). The van der Waals surface area contributed by atoms with E-state index in [2.05, 4.69) is 62.8 Å². The summed E-state index contributed by atoms with van der Waals surface area (Å²) in [5.41, 5.74) is 0.482. The Morgan fingerprint density at radius 1 is 0.562 bits per heavy atom. The van der Waals surface area contributed by atoms with Crippen LogP contribution in [0.3, 0.4) is 0 Å². The molecule has 0 aromatic carbocycles. The van der Waals surface area contributed by atoms with Crippen LogP contribution in [0, 0.1) is 10.8 Å². The lowest BCUT2D eigenvalue weighted by atomic mass is 9.92. The Hall–Kier alpha value is -0.160. The van der Waals surface area contributed by atoms with Crippen LogP contribution in [-0.2, 0) is 0 Å². The van der Waals surface area contributed by atoms with Crippen molar-refractivity contribution >= 4 is 0 Å². The molecule has 0 unspecified atom stereocenters. The third kappa shape index (κ3) is 2.25. The van der Waals surface area contributed by atoms with Crippen LogP contribution in [0.1, 0.15) is 41.5 Å². The van der Waals surface area contributed by atoms with Gasteiger partial charge in [0.05, 0.1) is 24.7 Å². The molecular weight excluding hydrogens is 200 g/mol. The molecule has 4 heteroatoms. The van der Waals surface area contributed by atoms with Crippen molar-refractivity contribution in [2.75, 3.05) is 0 Å². The highest BCUT2D eigenvalue weighted by Gasteiger charge is 2.46. The summed E-state index contributed by atoms with van der Waals surface area (Å²) in [4.78, 5) is 0. The zero-order valence-electron chi connectivity index (χ0n) is 11.3. The summed E-state index contributed by atoms with van der Waals surface area (Å²) in [6.07, 6.45) is 1.41. The maximum atomic E-state index is 3.61. The van der Waals surface area contributed by atoms with E-state index >= 15 is 0 Å². The van der Waals surface area contributed by atoms with Crippen molar-refractivity contribution in [1.29, 1.82) is 0 Å². The molecule has 0 saturated carbocycles. The lowest BCUT2D eigenvalue weighted by Gasteiger charge is -2.32. The minimum atomic E-state index is 0.241. The number of hydrogen-bond acceptors (Lipinski definition) is 4. The van der Waals surface area contributed by atoms with Gasteiger partial charge in [-0.05, 0) is 10.8 Å². The molecule has 0 spiro atoms. The molecule has 94 valence electrons. The van der Waals surface area contributed by atoms with Gasteiger partial charge in [0.25, 0.3) is 0 Å². The second kappa shape index (κ2) is 3.67. The van der Waals surface area contributed by atoms with E-state index in [1.807, 2.05) is 0 Å². The van der Waals surface area contributed by atoms with Gasteiger partial charge in [0.2, 0.25) is 0 Å². The van der Waals surface area contributed by atoms with Crippen molar-refractivity contribution in [3.05, 3.63) is 0 Å². The van der Waals surface area contributed by atoms with Gasteiger partial charge < -0.3 is 0 Å². The monoisotopic (exact) mass is 226 g/mol. The van der Waals surface area contributed by atoms with E-state index in [9.17, 15) is 0 Å². The van der Waals surface area contributed by atoms with Crippen LogP contribution in [0.15, 0.2) is 0 Å². The summed E-state index contributed by atoms with van der Waals surface area (Å²) in [5.74, 6) is 0. The third-order valence-corrected chi connectivity index (χ3v) is 3.45. The molecule has 0 amide bonds. The average molecular weight is 226 g/mol. The Morgan fingerprint density at radius 3 is 1.00 bits per heavy atom. The highest BCUT2D eigenvalue weighted by molar-refractivity contribution is 5.02. The van der Waals surface area contributed by atoms with Crippen molar-refractivity contribution in [3.8, 4) is 0 Å². The minimum Gasteiger partial charge on any atom is -0.284 e. The number of nitrogens with one attached hydrogen (secondary N) is 4. The van der Waals surface area contributed by atoms with E-state index in [0.29, 0.717) is 24.7 Å². The molecule has 0 aromatic heterocycles. The second-order valence-corrected chi connectivity index (χ2v) is 7.22. The van der Waals surface area contributed by atoms with Crippen LogP contribution in [-0.4, -0.2) is 24.7 Å². The first-order chi connectivity index (χ1) is 7.18. The van der Waals surface area contributed by atoms with Crippen LogP contribution >= 0.6 is 0 Å². The summed E-state index contributed by atoms with van der Waals surface area (Å²) in [6, 6.07) is 0. The predicted octanol–water partition coefficient (Wildman–Crippen LogP) is 0.769. The Kier molecular flexibility index (Phi) is 2.82. The molecule has 0 atom stereocenters. The first kappa shape index (κ1) is 12.3. The molecule has 0 bridgehead atoms. The Labute approximate surface area is 98.9 Å². The fraction of sp³-hybridized carbons (Fsp3) is 1.00. The molecule has 2 aliphatic rings. The Morgan fingerprint density at radius 2 is 0.812 bits per heavy atom. The normalized spacial score (nSPS) is 40.1. The average Bonchev–Trinajstić information content (AvgIpc) is 2.53. The molecule has 2 saturated heterocycles. The largest absolute Gasteiger partial charge is 0.284 e. The molecule has 4 nitrogen and oxygen atoms in total. The first-order valence-electron chi connectivity index (χ1n) is 6.22. The van der Waals surface area contributed by atoms with E-state index in [0.717, 1.165) is 0 Å². The van der Waals surface area contributed by atoms with E-state index in [1.54, 1.807) is 0 Å². The maximum absolute atomic E-state index is 3.61. The fourth-order valence-corrected chi connectivity index (χ4v) is 2.30. The molecular formula is C12H26N4. The highest BCUT2D eigenvalue weighted by atomic mass is 15.5. The topological polar surface area (TPSA) is 48.1 Å². The molecule has 2 aliphatic heterocycles. The lowest BCUT2D eigenvalue weighted by Crippen LogP contribution is -2.54. The standard InChI is InChI=1S/C12H26N4/c1-11(2,3)9-13-7-8(14-9)16-10(15-7)12(4,5)6/h7-10,13-16H,1-6H3/t7-,8+,9-,10+. The second-order valence-electron chi connectivity index (χ2n) is 7.22. The molecule has 16 heavy (non-hydrogen) atoms. The van der Waals surface area contributed by atoms with Crippen molar-refractivity contribution < 1.29 is 0 Å². The quantitative estimate of drug-likeness (QED) is 0.493. The van der Waals surface area contributed by atoms with Gasteiger partial charge in [-0.1, -0.05) is 41.5 Å². The summed E-state index contributed by atoms with van der Waals surface area (Å²) < 4.78 is 0. The van der Waals surface area contributed by atoms with Gasteiger partial charge in [-0.3, -0.25) is 21.3 Å². The summed E-state index contributed by atoms with van der Waals surface area (Å²) in [7, 11) is 0. The SMILES string of the molecule is CC(C)(C)[C@H]1N[C@H]2N[C@@H](C(C)(C)C)N[C@H]2N1. The number of hydrogen-bond donors (Lipinski definition) is 4. The van der Waals surface area contributed by atoms with Crippen LogP contribution < -0.4 is 21.3 Å². The van der Waals surface area contributed by atoms with Crippen LogP contribution in [0.25, 0.3) is 0 Å². The molecule has 0 aromatic rings. The van der Waals surface area contributed by atoms with E-state index in [1.165, 1.54) is 0 Å². The minimum absolute atomic E-state index is 0.241. The van der Waals surface area contributed by atoms with Crippen molar-refractivity contribution in [2.45, 2.75) is 66.2 Å². The predicted molar refractivity (Wildman–Crippen MR) is 66.6 cm³/mol. The first-order valence-corrected chi connectivity index (χ1v) is 6.22. The van der Waals surface area contributed by atoms with Crippen molar-refractivity contribution in [3.63, 3.8) is 0 Å². The number of fused-ring (bicyclic) bond motifs is 1. The number of rotatable bonds is 0. The van der Waals surface area contributed by atoms with Gasteiger partial charge in [0, 0.05) is 0 Å². The van der Waals surface area contributed by atoms with Crippen molar-refractivity contribution in [2.24, 2.45) is 10.8 Å². The maximum Gasteiger partial charge on any atom is 0.0891 e. The Balaban J connectivity index is 1.96. The molecule has 2 heterocycles. The highest BCUT2D eigenvalue weighted by Crippen LogP contribution is 2.26. The van der Waals surface area contributed by atoms with E-state index in [-0.39, 0.29) is 10.8 Å². The smallest absolute Gasteiger partial charge is 0.0891 e. The van der Waals surface area contributed by atoms with Gasteiger partial charge in [0.15, 0.2) is 0 Å². The van der Waals surface area contributed by atoms with Crippen LogP contribution in [0.5, 0.6) is 0 Å². The van der Waals surface area contributed by atoms with Crippen LogP contribution in [0.2, 0.25) is 0 Å². The summed E-state index contributed by atoms with van der Waals surface area (Å²) in [6.45, 7) is 13.5. The van der Waals surface area contributed by atoms with E-state index in [4.69, 9.17) is 0 Å². The zero-order chi connectivity index (χ0) is 12.1. The Bertz CT molecular complexity index is 223. The van der Waals surface area contributed by atoms with Gasteiger partial charge in [-0.15, -0.1) is 0 Å². The van der Waals surface area contributed by atoms with E-state index < -0.39 is 0 Å². The van der Waals surface area contributed by atoms with Crippen molar-refractivity contribution in [1.82, 2.24) is 21.3 Å². The van der Waals surface area contributed by atoms with Gasteiger partial charge in [-0.25, -0.2) is 0 Å². The molecule has 2 fully saturated rings. The summed E-state index contributed by atoms with van der Waals surface area (Å²) >= 11 is 0. The summed E-state index contributed by atoms with van der Waals surface area (Å²) in [5, 5.41) is 14.4. The van der Waals surface area contributed by atoms with Gasteiger partial charge >= 0.3 is 0 Å². The van der Waals surface area contributed by atoms with Crippen LogP contribution in [0.4, 0.5) is 0 Å². The van der Waals surface area contributed by atoms with Gasteiger partial charge in [-0.2, -0.15) is 0 Å². The molecule has 0 radical (unpaired) electrons. The lowest BCUT2D eigenvalue weighted by molar-refractivity contribution is 0.210. The third-order valence-electron chi connectivity index (χ3n) is 3.45. The fourth-order valence-electron chi connectivity index (χ4n) is 2.30. The molecule has 4 N–H and O–H groups in total.